The summed E-state index contributed by atoms with van der Waals surface area (Å²) in [4.78, 5) is 28.1. The summed E-state index contributed by atoms with van der Waals surface area (Å²) in [6, 6.07) is 0. The van der Waals surface area contributed by atoms with Crippen molar-refractivity contribution in [2.24, 2.45) is 0 Å². The zero-order valence-electron chi connectivity index (χ0n) is 13.2. The van der Waals surface area contributed by atoms with Crippen molar-refractivity contribution >= 4 is 34.3 Å². The SMILES string of the molecule is CON(C)C(=O)C[C@@H](C)c1c(I)ncnc1N1CCNCC1. The van der Waals surface area contributed by atoms with E-state index in [2.05, 4.69) is 42.8 Å². The number of rotatable bonds is 5. The van der Waals surface area contributed by atoms with Crippen molar-refractivity contribution in [3.8, 4) is 0 Å². The predicted molar refractivity (Wildman–Crippen MR) is 92.6 cm³/mol. The van der Waals surface area contributed by atoms with Gasteiger partial charge in [0.25, 0.3) is 0 Å². The molecule has 1 amide bonds. The number of halogens is 1. The van der Waals surface area contributed by atoms with Crippen LogP contribution in [0, 0.1) is 3.70 Å². The van der Waals surface area contributed by atoms with Crippen LogP contribution < -0.4 is 10.2 Å². The largest absolute Gasteiger partial charge is 0.354 e. The minimum Gasteiger partial charge on any atom is -0.354 e. The first-order valence-corrected chi connectivity index (χ1v) is 8.39. The van der Waals surface area contributed by atoms with Crippen LogP contribution in [0.5, 0.6) is 0 Å². The lowest BCUT2D eigenvalue weighted by atomic mass is 9.98. The van der Waals surface area contributed by atoms with Gasteiger partial charge in [-0.15, -0.1) is 0 Å². The number of aromatic nitrogens is 2. The molecule has 1 aromatic heterocycles. The minimum atomic E-state index is -0.0547. The summed E-state index contributed by atoms with van der Waals surface area (Å²) in [5, 5.41) is 4.60. The highest BCUT2D eigenvalue weighted by Crippen LogP contribution is 2.31. The Bertz CT molecular complexity index is 522. The van der Waals surface area contributed by atoms with E-state index in [-0.39, 0.29) is 11.8 Å². The van der Waals surface area contributed by atoms with E-state index < -0.39 is 0 Å². The molecule has 0 spiro atoms. The van der Waals surface area contributed by atoms with Gasteiger partial charge < -0.3 is 10.2 Å². The van der Waals surface area contributed by atoms with Crippen molar-refractivity contribution in [1.29, 1.82) is 0 Å². The van der Waals surface area contributed by atoms with Crippen LogP contribution in [0.25, 0.3) is 0 Å². The number of hydroxylamine groups is 2. The third kappa shape index (κ3) is 4.05. The average Bonchev–Trinajstić information content (AvgIpc) is 2.54. The van der Waals surface area contributed by atoms with Crippen LogP contribution in [-0.4, -0.2) is 61.3 Å². The lowest BCUT2D eigenvalue weighted by molar-refractivity contribution is -0.169. The Balaban J connectivity index is 2.23. The summed E-state index contributed by atoms with van der Waals surface area (Å²) in [7, 11) is 3.11. The van der Waals surface area contributed by atoms with Gasteiger partial charge in [-0.2, -0.15) is 0 Å². The first-order chi connectivity index (χ1) is 10.5. The molecular formula is C14H22IN5O2. The smallest absolute Gasteiger partial charge is 0.246 e. The van der Waals surface area contributed by atoms with Crippen LogP contribution in [0.2, 0.25) is 0 Å². The number of carbonyl (C=O) groups excluding carboxylic acids is 1. The lowest BCUT2D eigenvalue weighted by Crippen LogP contribution is -2.44. The fourth-order valence-electron chi connectivity index (χ4n) is 2.51. The number of amides is 1. The van der Waals surface area contributed by atoms with Crippen molar-refractivity contribution in [2.45, 2.75) is 19.3 Å². The number of carbonyl (C=O) groups is 1. The molecular weight excluding hydrogens is 397 g/mol. The lowest BCUT2D eigenvalue weighted by Gasteiger charge is -2.31. The molecule has 1 aliphatic heterocycles. The van der Waals surface area contributed by atoms with E-state index in [0.717, 1.165) is 41.3 Å². The first-order valence-electron chi connectivity index (χ1n) is 7.31. The van der Waals surface area contributed by atoms with Crippen molar-refractivity contribution in [3.05, 3.63) is 15.6 Å². The molecule has 1 N–H and O–H groups in total. The molecule has 0 bridgehead atoms. The molecule has 1 fully saturated rings. The van der Waals surface area contributed by atoms with Gasteiger partial charge in [-0.25, -0.2) is 15.0 Å². The van der Waals surface area contributed by atoms with E-state index in [1.807, 2.05) is 6.92 Å². The Labute approximate surface area is 144 Å². The van der Waals surface area contributed by atoms with Crippen molar-refractivity contribution < 1.29 is 9.63 Å². The molecule has 1 aromatic rings. The number of piperazine rings is 1. The Morgan fingerprint density at radius 1 is 1.50 bits per heavy atom. The first kappa shape index (κ1) is 17.4. The quantitative estimate of drug-likeness (QED) is 0.437. The molecule has 0 unspecified atom stereocenters. The second-order valence-electron chi connectivity index (χ2n) is 5.32. The van der Waals surface area contributed by atoms with Gasteiger partial charge in [0, 0.05) is 45.2 Å². The van der Waals surface area contributed by atoms with E-state index in [1.54, 1.807) is 13.4 Å². The molecule has 8 heteroatoms. The molecule has 1 aliphatic rings. The van der Waals surface area contributed by atoms with Crippen LogP contribution in [0.4, 0.5) is 5.82 Å². The van der Waals surface area contributed by atoms with Gasteiger partial charge in [0.1, 0.15) is 15.8 Å². The summed E-state index contributed by atoms with van der Waals surface area (Å²) in [5.41, 5.74) is 1.04. The summed E-state index contributed by atoms with van der Waals surface area (Å²) < 4.78 is 0.904. The Hall–Kier alpha value is -1.00. The molecule has 2 heterocycles. The van der Waals surface area contributed by atoms with Gasteiger partial charge in [-0.3, -0.25) is 9.63 Å². The second-order valence-corrected chi connectivity index (χ2v) is 6.34. The molecule has 1 atom stereocenters. The standard InChI is InChI=1S/C14H22IN5O2/c1-10(8-11(21)19(2)22-3)12-13(15)17-9-18-14(12)20-6-4-16-5-7-20/h9-10,16H,4-8H2,1-3H3/t10-/m1/s1. The zero-order chi connectivity index (χ0) is 16.1. The Morgan fingerprint density at radius 3 is 2.82 bits per heavy atom. The van der Waals surface area contributed by atoms with Gasteiger partial charge in [0.05, 0.1) is 7.11 Å². The maximum absolute atomic E-state index is 12.1. The minimum absolute atomic E-state index is 0.0306. The molecule has 122 valence electrons. The van der Waals surface area contributed by atoms with E-state index in [9.17, 15) is 4.79 Å². The molecule has 0 saturated carbocycles. The molecule has 22 heavy (non-hydrogen) atoms. The highest BCUT2D eigenvalue weighted by atomic mass is 127. The molecule has 2 rings (SSSR count). The Kier molecular flexibility index (Phi) is 6.33. The van der Waals surface area contributed by atoms with E-state index in [0.29, 0.717) is 6.42 Å². The van der Waals surface area contributed by atoms with E-state index in [1.165, 1.54) is 12.2 Å². The van der Waals surface area contributed by atoms with E-state index in [4.69, 9.17) is 4.84 Å². The zero-order valence-corrected chi connectivity index (χ0v) is 15.3. The van der Waals surface area contributed by atoms with Crippen LogP contribution in [0.1, 0.15) is 24.8 Å². The summed E-state index contributed by atoms with van der Waals surface area (Å²) >= 11 is 2.22. The fourth-order valence-corrected chi connectivity index (χ4v) is 3.41. The summed E-state index contributed by atoms with van der Waals surface area (Å²) in [6.45, 7) is 5.75. The van der Waals surface area contributed by atoms with Crippen molar-refractivity contribution in [3.63, 3.8) is 0 Å². The number of anilines is 1. The van der Waals surface area contributed by atoms with Crippen LogP contribution in [0.15, 0.2) is 6.33 Å². The van der Waals surface area contributed by atoms with Gasteiger partial charge >= 0.3 is 0 Å². The summed E-state index contributed by atoms with van der Waals surface area (Å²) in [5.74, 6) is 0.922. The van der Waals surface area contributed by atoms with E-state index >= 15 is 0 Å². The molecule has 0 aliphatic carbocycles. The third-order valence-electron chi connectivity index (χ3n) is 3.83. The predicted octanol–water partition coefficient (Wildman–Crippen LogP) is 1.00. The maximum atomic E-state index is 12.1. The van der Waals surface area contributed by atoms with Gasteiger partial charge in [0.15, 0.2) is 0 Å². The van der Waals surface area contributed by atoms with Gasteiger partial charge in [-0.1, -0.05) is 6.92 Å². The fraction of sp³-hybridized carbons (Fsp3) is 0.643. The number of nitrogens with zero attached hydrogens (tertiary/aromatic N) is 4. The Morgan fingerprint density at radius 2 is 2.18 bits per heavy atom. The van der Waals surface area contributed by atoms with Crippen LogP contribution >= 0.6 is 22.6 Å². The number of nitrogens with one attached hydrogen (secondary N) is 1. The van der Waals surface area contributed by atoms with Crippen LogP contribution in [-0.2, 0) is 9.63 Å². The van der Waals surface area contributed by atoms with Crippen molar-refractivity contribution in [1.82, 2.24) is 20.3 Å². The van der Waals surface area contributed by atoms with Gasteiger partial charge in [0.2, 0.25) is 5.91 Å². The molecule has 0 aromatic carbocycles. The molecule has 1 saturated heterocycles. The molecule has 7 nitrogen and oxygen atoms in total. The summed E-state index contributed by atoms with van der Waals surface area (Å²) in [6.07, 6.45) is 1.96. The molecule has 0 radical (unpaired) electrons. The topological polar surface area (TPSA) is 70.6 Å². The highest BCUT2D eigenvalue weighted by molar-refractivity contribution is 14.1. The number of hydrogen-bond donors (Lipinski definition) is 1. The maximum Gasteiger partial charge on any atom is 0.246 e. The monoisotopic (exact) mass is 419 g/mol. The highest BCUT2D eigenvalue weighted by Gasteiger charge is 2.24. The van der Waals surface area contributed by atoms with Crippen molar-refractivity contribution in [2.75, 3.05) is 45.2 Å². The number of hydrogen-bond acceptors (Lipinski definition) is 6. The third-order valence-corrected chi connectivity index (χ3v) is 4.69. The second kappa shape index (κ2) is 8.02. The van der Waals surface area contributed by atoms with Gasteiger partial charge in [-0.05, 0) is 28.5 Å². The normalized spacial score (nSPS) is 16.5. The van der Waals surface area contributed by atoms with Crippen LogP contribution in [0.3, 0.4) is 0 Å². The average molecular weight is 419 g/mol.